The Labute approximate surface area is 122 Å². The Bertz CT molecular complexity index is 707. The standard InChI is InChI=1S/C16H17N3S/c1-11-9-15(18-14-7-3-2-6-13(11)14)16(19-17)10-12-5-4-8-20-12/h2-9,16,19H,10,17H2,1H3. The number of hydrogen-bond acceptors (Lipinski definition) is 4. The fourth-order valence-corrected chi connectivity index (χ4v) is 3.18. The van der Waals surface area contributed by atoms with Gasteiger partial charge in [-0.2, -0.15) is 0 Å². The van der Waals surface area contributed by atoms with Crippen molar-refractivity contribution in [2.75, 3.05) is 0 Å². The highest BCUT2D eigenvalue weighted by Crippen LogP contribution is 2.24. The second-order valence-electron chi connectivity index (χ2n) is 4.88. The van der Waals surface area contributed by atoms with Crippen molar-refractivity contribution < 1.29 is 0 Å². The lowest BCUT2D eigenvalue weighted by Gasteiger charge is -2.16. The lowest BCUT2D eigenvalue weighted by atomic mass is 10.0. The number of para-hydroxylation sites is 1. The van der Waals surface area contributed by atoms with Crippen LogP contribution in [0.5, 0.6) is 0 Å². The van der Waals surface area contributed by atoms with Gasteiger partial charge < -0.3 is 0 Å². The average Bonchev–Trinajstić information content (AvgIpc) is 2.97. The Hall–Kier alpha value is -1.75. The molecule has 3 aromatic rings. The first-order chi connectivity index (χ1) is 9.78. The molecule has 0 aliphatic carbocycles. The molecule has 0 saturated heterocycles. The van der Waals surface area contributed by atoms with E-state index in [1.807, 2.05) is 18.2 Å². The summed E-state index contributed by atoms with van der Waals surface area (Å²) in [5.74, 6) is 5.73. The third-order valence-corrected chi connectivity index (χ3v) is 4.39. The van der Waals surface area contributed by atoms with E-state index >= 15 is 0 Å². The van der Waals surface area contributed by atoms with E-state index in [9.17, 15) is 0 Å². The number of benzene rings is 1. The van der Waals surface area contributed by atoms with Crippen molar-refractivity contribution in [1.29, 1.82) is 0 Å². The minimum atomic E-state index is 0.0388. The Kier molecular flexibility index (Phi) is 3.78. The summed E-state index contributed by atoms with van der Waals surface area (Å²) in [5.41, 5.74) is 6.15. The van der Waals surface area contributed by atoms with Crippen LogP contribution in [0.15, 0.2) is 47.8 Å². The molecule has 0 aliphatic heterocycles. The molecule has 1 aromatic carbocycles. The van der Waals surface area contributed by atoms with Gasteiger partial charge in [0.1, 0.15) is 0 Å². The fraction of sp³-hybridized carbons (Fsp3) is 0.188. The number of fused-ring (bicyclic) bond motifs is 1. The van der Waals surface area contributed by atoms with E-state index < -0.39 is 0 Å². The maximum Gasteiger partial charge on any atom is 0.0708 e. The number of nitrogens with one attached hydrogen (secondary N) is 1. The largest absolute Gasteiger partial charge is 0.271 e. The summed E-state index contributed by atoms with van der Waals surface area (Å²) in [6.45, 7) is 2.12. The number of hydrogen-bond donors (Lipinski definition) is 2. The monoisotopic (exact) mass is 283 g/mol. The molecule has 0 saturated carbocycles. The number of hydrazine groups is 1. The lowest BCUT2D eigenvalue weighted by Crippen LogP contribution is -2.30. The van der Waals surface area contributed by atoms with Gasteiger partial charge in [0.25, 0.3) is 0 Å². The summed E-state index contributed by atoms with van der Waals surface area (Å²) >= 11 is 1.75. The molecular weight excluding hydrogens is 266 g/mol. The highest BCUT2D eigenvalue weighted by Gasteiger charge is 2.14. The van der Waals surface area contributed by atoms with E-state index in [0.29, 0.717) is 0 Å². The number of nitrogens with two attached hydrogens (primary N) is 1. The van der Waals surface area contributed by atoms with E-state index in [-0.39, 0.29) is 6.04 Å². The van der Waals surface area contributed by atoms with Crippen molar-refractivity contribution in [1.82, 2.24) is 10.4 Å². The average molecular weight is 283 g/mol. The maximum absolute atomic E-state index is 5.73. The van der Waals surface area contributed by atoms with E-state index in [0.717, 1.165) is 17.6 Å². The van der Waals surface area contributed by atoms with Crippen LogP contribution in [0.3, 0.4) is 0 Å². The Morgan fingerprint density at radius 3 is 2.85 bits per heavy atom. The van der Waals surface area contributed by atoms with Crippen molar-refractivity contribution in [3.63, 3.8) is 0 Å². The van der Waals surface area contributed by atoms with E-state index in [1.54, 1.807) is 11.3 Å². The summed E-state index contributed by atoms with van der Waals surface area (Å²) in [7, 11) is 0. The lowest BCUT2D eigenvalue weighted by molar-refractivity contribution is 0.543. The molecule has 1 unspecified atom stereocenters. The van der Waals surface area contributed by atoms with E-state index in [1.165, 1.54) is 15.8 Å². The molecule has 2 heterocycles. The second-order valence-corrected chi connectivity index (χ2v) is 5.92. The van der Waals surface area contributed by atoms with Crippen LogP contribution >= 0.6 is 11.3 Å². The van der Waals surface area contributed by atoms with Gasteiger partial charge in [0.15, 0.2) is 0 Å². The number of thiophene rings is 1. The van der Waals surface area contributed by atoms with Gasteiger partial charge in [0, 0.05) is 16.7 Å². The molecule has 1 atom stereocenters. The highest BCUT2D eigenvalue weighted by molar-refractivity contribution is 7.09. The molecule has 102 valence electrons. The molecule has 0 radical (unpaired) electrons. The zero-order valence-electron chi connectivity index (χ0n) is 11.3. The molecule has 3 nitrogen and oxygen atoms in total. The van der Waals surface area contributed by atoms with Gasteiger partial charge in [0.2, 0.25) is 0 Å². The minimum Gasteiger partial charge on any atom is -0.271 e. The van der Waals surface area contributed by atoms with Crippen LogP contribution in [0.1, 0.15) is 22.2 Å². The Morgan fingerprint density at radius 2 is 2.10 bits per heavy atom. The van der Waals surface area contributed by atoms with Crippen molar-refractivity contribution in [2.45, 2.75) is 19.4 Å². The maximum atomic E-state index is 5.73. The van der Waals surface area contributed by atoms with Crippen LogP contribution in [0.25, 0.3) is 10.9 Å². The molecule has 0 aliphatic rings. The first-order valence-electron chi connectivity index (χ1n) is 6.62. The van der Waals surface area contributed by atoms with Crippen molar-refractivity contribution >= 4 is 22.2 Å². The smallest absolute Gasteiger partial charge is 0.0708 e. The predicted molar refractivity (Wildman–Crippen MR) is 84.6 cm³/mol. The molecule has 20 heavy (non-hydrogen) atoms. The number of pyridine rings is 1. The number of rotatable bonds is 4. The van der Waals surface area contributed by atoms with Crippen LogP contribution < -0.4 is 11.3 Å². The molecule has 0 amide bonds. The van der Waals surface area contributed by atoms with Gasteiger partial charge in [-0.3, -0.25) is 16.3 Å². The zero-order valence-corrected chi connectivity index (χ0v) is 12.2. The molecule has 2 aromatic heterocycles. The fourth-order valence-electron chi connectivity index (χ4n) is 2.43. The molecule has 0 fully saturated rings. The van der Waals surface area contributed by atoms with Gasteiger partial charge in [-0.05, 0) is 36.1 Å². The molecular formula is C16H17N3S. The first kappa shape index (κ1) is 13.2. The summed E-state index contributed by atoms with van der Waals surface area (Å²) in [6, 6.07) is 14.6. The second kappa shape index (κ2) is 5.71. The van der Waals surface area contributed by atoms with Crippen LogP contribution in [0.4, 0.5) is 0 Å². The topological polar surface area (TPSA) is 50.9 Å². The Morgan fingerprint density at radius 1 is 1.25 bits per heavy atom. The molecule has 0 spiro atoms. The predicted octanol–water partition coefficient (Wildman–Crippen LogP) is 3.35. The van der Waals surface area contributed by atoms with Crippen LogP contribution in [-0.4, -0.2) is 4.98 Å². The van der Waals surface area contributed by atoms with Crippen molar-refractivity contribution in [3.8, 4) is 0 Å². The summed E-state index contributed by atoms with van der Waals surface area (Å²) < 4.78 is 0. The first-order valence-corrected chi connectivity index (χ1v) is 7.50. The quantitative estimate of drug-likeness (QED) is 0.570. The van der Waals surface area contributed by atoms with Crippen LogP contribution in [0.2, 0.25) is 0 Å². The summed E-state index contributed by atoms with van der Waals surface area (Å²) in [5, 5.41) is 3.28. The van der Waals surface area contributed by atoms with Crippen molar-refractivity contribution in [2.24, 2.45) is 5.84 Å². The molecule has 0 bridgehead atoms. The van der Waals surface area contributed by atoms with E-state index in [2.05, 4.69) is 42.0 Å². The zero-order chi connectivity index (χ0) is 13.9. The SMILES string of the molecule is Cc1cc(C(Cc2cccs2)NN)nc2ccccc12. The number of aromatic nitrogens is 1. The van der Waals surface area contributed by atoms with Gasteiger partial charge in [-0.15, -0.1) is 11.3 Å². The van der Waals surface area contributed by atoms with Gasteiger partial charge >= 0.3 is 0 Å². The normalized spacial score (nSPS) is 12.7. The summed E-state index contributed by atoms with van der Waals surface area (Å²) in [6.07, 6.45) is 0.860. The van der Waals surface area contributed by atoms with Gasteiger partial charge in [-0.1, -0.05) is 24.3 Å². The van der Waals surface area contributed by atoms with Crippen LogP contribution in [-0.2, 0) is 6.42 Å². The van der Waals surface area contributed by atoms with E-state index in [4.69, 9.17) is 10.8 Å². The van der Waals surface area contributed by atoms with Gasteiger partial charge in [-0.25, -0.2) is 0 Å². The Balaban J connectivity index is 1.99. The highest BCUT2D eigenvalue weighted by atomic mass is 32.1. The van der Waals surface area contributed by atoms with Crippen LogP contribution in [0, 0.1) is 6.92 Å². The minimum absolute atomic E-state index is 0.0388. The molecule has 3 N–H and O–H groups in total. The van der Waals surface area contributed by atoms with Crippen molar-refractivity contribution in [3.05, 3.63) is 64.0 Å². The number of aryl methyl sites for hydroxylation is 1. The third-order valence-electron chi connectivity index (χ3n) is 3.49. The summed E-state index contributed by atoms with van der Waals surface area (Å²) in [4.78, 5) is 6.06. The molecule has 3 rings (SSSR count). The number of nitrogens with zero attached hydrogens (tertiary/aromatic N) is 1. The third kappa shape index (κ3) is 2.58. The molecule has 4 heteroatoms. The van der Waals surface area contributed by atoms with Gasteiger partial charge in [0.05, 0.1) is 17.3 Å².